The average Bonchev–Trinajstić information content (AvgIpc) is 3.46. The van der Waals surface area contributed by atoms with Gasteiger partial charge >= 0.3 is 0 Å². The Morgan fingerprint density at radius 3 is 2.58 bits per heavy atom. The maximum atomic E-state index is 7.00. The third-order valence-electron chi connectivity index (χ3n) is 8.88. The van der Waals surface area contributed by atoms with E-state index in [2.05, 4.69) is 36.1 Å². The van der Waals surface area contributed by atoms with Crippen LogP contribution in [0.4, 0.5) is 0 Å². The molecule has 10 heteroatoms. The summed E-state index contributed by atoms with van der Waals surface area (Å²) in [4.78, 5) is 0. The number of alkyl halides is 1. The van der Waals surface area contributed by atoms with Crippen LogP contribution in [0.2, 0.25) is 0 Å². The summed E-state index contributed by atoms with van der Waals surface area (Å²) in [6.07, 6.45) is 1.86. The summed E-state index contributed by atoms with van der Waals surface area (Å²) >= 11 is 8.95. The lowest BCUT2D eigenvalue weighted by Gasteiger charge is -2.47. The van der Waals surface area contributed by atoms with E-state index in [1.54, 1.807) is 7.11 Å². The zero-order valence-electron chi connectivity index (χ0n) is 21.6. The maximum Gasteiger partial charge on any atom is 0.233 e. The molecule has 1 aromatic carbocycles. The van der Waals surface area contributed by atoms with E-state index < -0.39 is 30.1 Å². The Hall–Kier alpha value is -0.500. The Morgan fingerprint density at radius 2 is 1.84 bits per heavy atom. The van der Waals surface area contributed by atoms with E-state index in [-0.39, 0.29) is 42.0 Å². The van der Waals surface area contributed by atoms with Gasteiger partial charge in [-0.1, -0.05) is 25.6 Å². The number of benzene rings is 1. The van der Waals surface area contributed by atoms with Crippen molar-refractivity contribution in [2.45, 2.75) is 118 Å². The lowest BCUT2D eigenvalue weighted by molar-refractivity contribution is -0.328. The Balaban J connectivity index is 1.23. The first-order chi connectivity index (χ1) is 18.4. The van der Waals surface area contributed by atoms with Crippen molar-refractivity contribution in [3.05, 3.63) is 40.0 Å². The van der Waals surface area contributed by atoms with Gasteiger partial charge in [0.1, 0.15) is 36.3 Å². The van der Waals surface area contributed by atoms with Crippen LogP contribution >= 0.6 is 34.2 Å². The minimum absolute atomic E-state index is 0.0657. The van der Waals surface area contributed by atoms with Crippen molar-refractivity contribution in [3.8, 4) is 5.75 Å². The molecule has 208 valence electrons. The van der Waals surface area contributed by atoms with Crippen molar-refractivity contribution in [3.63, 3.8) is 0 Å². The molecule has 1 aromatic rings. The second kappa shape index (κ2) is 9.80. The molecular weight excluding hydrogens is 627 g/mol. The van der Waals surface area contributed by atoms with Crippen LogP contribution in [0.15, 0.2) is 34.4 Å². The first kappa shape index (κ1) is 26.4. The molecular formula is C28H34ClIO8. The van der Waals surface area contributed by atoms with Gasteiger partial charge in [0, 0.05) is 17.4 Å². The molecule has 8 rings (SSSR count). The standard InChI is InChI=1S/C28H34ClIO8/c1-4-17-9-10-19-20(32-17)21-22-23(33-19)24-28(36-22)26(27(35-21,37-24)12-11-16(29)13-14(2)30)34-25(38-28)15-5-7-18(31-3)8-6-15/h5-8,16-17,19-26H,2,4,9-13H2,1,3H3/t16-,17+,19+,20+,21+,22+,23?,24+,25+,26+,27-,28+/m1/s1. The molecule has 0 aromatic heterocycles. The summed E-state index contributed by atoms with van der Waals surface area (Å²) in [5, 5.41) is -0.103. The van der Waals surface area contributed by atoms with Crippen LogP contribution in [0.1, 0.15) is 57.3 Å². The van der Waals surface area contributed by atoms with Crippen molar-refractivity contribution >= 4 is 34.2 Å². The van der Waals surface area contributed by atoms with Crippen molar-refractivity contribution in [1.29, 1.82) is 0 Å². The minimum Gasteiger partial charge on any atom is -0.497 e. The maximum absolute atomic E-state index is 7.00. The smallest absolute Gasteiger partial charge is 0.233 e. The number of methoxy groups -OCH3 is 1. The van der Waals surface area contributed by atoms with Gasteiger partial charge in [-0.3, -0.25) is 0 Å². The highest BCUT2D eigenvalue weighted by molar-refractivity contribution is 14.1. The fraction of sp³-hybridized carbons (Fsp3) is 0.714. The average molecular weight is 661 g/mol. The zero-order valence-corrected chi connectivity index (χ0v) is 24.5. The first-order valence-electron chi connectivity index (χ1n) is 13.6. The molecule has 8 nitrogen and oxygen atoms in total. The lowest BCUT2D eigenvalue weighted by atomic mass is 9.86. The number of halogens is 2. The van der Waals surface area contributed by atoms with Crippen LogP contribution in [0, 0.1) is 0 Å². The van der Waals surface area contributed by atoms with E-state index in [0.717, 1.165) is 34.2 Å². The van der Waals surface area contributed by atoms with E-state index in [1.807, 2.05) is 24.3 Å². The van der Waals surface area contributed by atoms with Crippen LogP contribution in [0.3, 0.4) is 0 Å². The summed E-state index contributed by atoms with van der Waals surface area (Å²) in [5.41, 5.74) is 0.873. The molecule has 38 heavy (non-hydrogen) atoms. The largest absolute Gasteiger partial charge is 0.497 e. The summed E-state index contributed by atoms with van der Waals surface area (Å²) < 4.78 is 53.5. The number of allylic oxidation sites excluding steroid dienone is 1. The van der Waals surface area contributed by atoms with Crippen LogP contribution < -0.4 is 4.74 Å². The Kier molecular flexibility index (Phi) is 6.81. The van der Waals surface area contributed by atoms with Gasteiger partial charge in [0.15, 0.2) is 12.4 Å². The molecule has 0 aliphatic carbocycles. The van der Waals surface area contributed by atoms with Gasteiger partial charge in [-0.05, 0) is 70.4 Å². The molecule has 7 aliphatic rings. The fourth-order valence-corrected chi connectivity index (χ4v) is 8.18. The molecule has 7 saturated heterocycles. The van der Waals surface area contributed by atoms with Crippen LogP contribution in [0.5, 0.6) is 5.75 Å². The lowest BCUT2D eigenvalue weighted by Crippen LogP contribution is -2.62. The van der Waals surface area contributed by atoms with E-state index >= 15 is 0 Å². The highest BCUT2D eigenvalue weighted by Crippen LogP contribution is 2.64. The van der Waals surface area contributed by atoms with Crippen molar-refractivity contribution < 1.29 is 37.9 Å². The third-order valence-corrected chi connectivity index (χ3v) is 9.69. The topological polar surface area (TPSA) is 73.8 Å². The fourth-order valence-electron chi connectivity index (χ4n) is 7.09. The third kappa shape index (κ3) is 4.02. The molecule has 0 saturated carbocycles. The van der Waals surface area contributed by atoms with E-state index in [1.165, 1.54) is 0 Å². The Bertz CT molecular complexity index is 1070. The first-order valence-corrected chi connectivity index (χ1v) is 15.2. The van der Waals surface area contributed by atoms with Gasteiger partial charge in [-0.2, -0.15) is 0 Å². The van der Waals surface area contributed by atoms with Crippen molar-refractivity contribution in [2.24, 2.45) is 0 Å². The Labute approximate surface area is 241 Å². The van der Waals surface area contributed by atoms with Gasteiger partial charge in [-0.25, -0.2) is 0 Å². The highest BCUT2D eigenvalue weighted by atomic mass is 127. The molecule has 0 amide bonds. The van der Waals surface area contributed by atoms with Crippen LogP contribution in [-0.4, -0.2) is 72.9 Å². The molecule has 0 N–H and O–H groups in total. The van der Waals surface area contributed by atoms with Crippen LogP contribution in [-0.2, 0) is 33.2 Å². The number of fused-ring (bicyclic) bond motifs is 1. The molecule has 1 spiro atoms. The van der Waals surface area contributed by atoms with Gasteiger partial charge in [0.05, 0.1) is 19.3 Å². The van der Waals surface area contributed by atoms with Gasteiger partial charge in [0.25, 0.3) is 0 Å². The van der Waals surface area contributed by atoms with E-state index in [4.69, 9.17) is 49.5 Å². The Morgan fingerprint density at radius 1 is 1.05 bits per heavy atom. The van der Waals surface area contributed by atoms with E-state index in [9.17, 15) is 0 Å². The molecule has 12 atom stereocenters. The number of hydrogen-bond acceptors (Lipinski definition) is 8. The minimum atomic E-state index is -1.14. The number of hydrogen-bond donors (Lipinski definition) is 0. The van der Waals surface area contributed by atoms with Crippen molar-refractivity contribution in [1.82, 2.24) is 0 Å². The summed E-state index contributed by atoms with van der Waals surface area (Å²) in [6.45, 7) is 6.17. The van der Waals surface area contributed by atoms with Crippen molar-refractivity contribution in [2.75, 3.05) is 7.11 Å². The molecule has 0 radical (unpaired) electrons. The predicted octanol–water partition coefficient (Wildman–Crippen LogP) is 5.15. The van der Waals surface area contributed by atoms with Crippen LogP contribution in [0.25, 0.3) is 0 Å². The predicted molar refractivity (Wildman–Crippen MR) is 145 cm³/mol. The monoisotopic (exact) mass is 660 g/mol. The van der Waals surface area contributed by atoms with Gasteiger partial charge in [-0.15, -0.1) is 11.6 Å². The summed E-state index contributed by atoms with van der Waals surface area (Å²) in [5.74, 6) is -1.47. The van der Waals surface area contributed by atoms with Gasteiger partial charge in [0.2, 0.25) is 11.6 Å². The second-order valence-corrected chi connectivity index (χ2v) is 13.3. The normalized spacial score (nSPS) is 46.9. The molecule has 7 heterocycles. The SMILES string of the molecule is C=C(I)C[C@H](Cl)CC[C@]12O[C@H]3[C@H]4O[C@@H](CC)CC[C@@H]4OC4[C@H]3O[C@]3(O[C@@H](c5ccc(OC)cc5)O[C@@H]13)[C@H]4O2. The molecule has 6 bridgehead atoms. The van der Waals surface area contributed by atoms with E-state index in [0.29, 0.717) is 19.3 Å². The molecule has 7 aliphatic heterocycles. The summed E-state index contributed by atoms with van der Waals surface area (Å²) in [6, 6.07) is 7.68. The quantitative estimate of drug-likeness (QED) is 0.280. The molecule has 1 unspecified atom stereocenters. The molecule has 7 fully saturated rings. The summed E-state index contributed by atoms with van der Waals surface area (Å²) in [7, 11) is 1.65. The number of ether oxygens (including phenoxy) is 8. The highest BCUT2D eigenvalue weighted by Gasteiger charge is 2.83. The zero-order chi connectivity index (χ0) is 26.2. The number of rotatable bonds is 8. The van der Waals surface area contributed by atoms with Gasteiger partial charge < -0.3 is 37.9 Å². The second-order valence-electron chi connectivity index (χ2n) is 11.2.